The van der Waals surface area contributed by atoms with Gasteiger partial charge in [0.1, 0.15) is 0 Å². The van der Waals surface area contributed by atoms with Crippen molar-refractivity contribution in [2.45, 2.75) is 13.0 Å². The Labute approximate surface area is 80.8 Å². The summed E-state index contributed by atoms with van der Waals surface area (Å²) in [6, 6.07) is 0.484. The molecule has 1 rings (SSSR count). The number of ether oxygens (including phenoxy) is 1. The van der Waals surface area contributed by atoms with Gasteiger partial charge in [0.25, 0.3) is 0 Å². The smallest absolute Gasteiger partial charge is 0.0632 e. The Balaban J connectivity index is 2.18. The third-order valence-electron chi connectivity index (χ3n) is 2.07. The first-order chi connectivity index (χ1) is 6.18. The van der Waals surface area contributed by atoms with Crippen LogP contribution in [0.25, 0.3) is 0 Å². The van der Waals surface area contributed by atoms with Crippen molar-refractivity contribution in [1.82, 2.24) is 10.2 Å². The molecule has 1 aliphatic rings. The predicted octanol–water partition coefficient (Wildman–Crippen LogP) is 0.483. The first-order valence-corrected chi connectivity index (χ1v) is 4.82. The first-order valence-electron chi connectivity index (χ1n) is 4.82. The summed E-state index contributed by atoms with van der Waals surface area (Å²) in [5, 5.41) is 3.43. The van der Waals surface area contributed by atoms with Crippen LogP contribution in [0.2, 0.25) is 0 Å². The number of morpholine rings is 1. The lowest BCUT2D eigenvalue weighted by Crippen LogP contribution is -2.47. The molecule has 0 aromatic rings. The van der Waals surface area contributed by atoms with Gasteiger partial charge in [-0.3, -0.25) is 0 Å². The summed E-state index contributed by atoms with van der Waals surface area (Å²) < 4.78 is 5.38. The molecule has 76 valence electrons. The highest BCUT2D eigenvalue weighted by molar-refractivity contribution is 4.91. The van der Waals surface area contributed by atoms with E-state index in [0.717, 1.165) is 32.8 Å². The average Bonchev–Trinajstić information content (AvgIpc) is 2.04. The fourth-order valence-electron chi connectivity index (χ4n) is 1.64. The molecule has 0 bridgehead atoms. The van der Waals surface area contributed by atoms with Crippen LogP contribution in [0.3, 0.4) is 0 Å². The molecule has 3 nitrogen and oxygen atoms in total. The van der Waals surface area contributed by atoms with Gasteiger partial charge in [0, 0.05) is 25.7 Å². The summed E-state index contributed by atoms with van der Waals surface area (Å²) in [4.78, 5) is 2.27. The SMILES string of the molecule is C=C(C)CN(C)CC1COCCN1. The number of rotatable bonds is 4. The molecule has 1 heterocycles. The zero-order valence-corrected chi connectivity index (χ0v) is 8.68. The normalized spacial score (nSPS) is 23.5. The van der Waals surface area contributed by atoms with E-state index in [-0.39, 0.29) is 0 Å². The van der Waals surface area contributed by atoms with Crippen LogP contribution in [-0.2, 0) is 4.74 Å². The van der Waals surface area contributed by atoms with Crippen molar-refractivity contribution in [3.63, 3.8) is 0 Å². The second-order valence-corrected chi connectivity index (χ2v) is 3.88. The van der Waals surface area contributed by atoms with Crippen molar-refractivity contribution in [1.29, 1.82) is 0 Å². The van der Waals surface area contributed by atoms with E-state index in [1.54, 1.807) is 0 Å². The Morgan fingerprint density at radius 3 is 3.00 bits per heavy atom. The molecule has 0 amide bonds. The van der Waals surface area contributed by atoms with Crippen LogP contribution >= 0.6 is 0 Å². The summed E-state index contributed by atoms with van der Waals surface area (Å²) in [6.45, 7) is 10.6. The van der Waals surface area contributed by atoms with Crippen LogP contribution in [0.15, 0.2) is 12.2 Å². The van der Waals surface area contributed by atoms with E-state index in [0.29, 0.717) is 6.04 Å². The monoisotopic (exact) mass is 184 g/mol. The van der Waals surface area contributed by atoms with Crippen molar-refractivity contribution in [3.8, 4) is 0 Å². The van der Waals surface area contributed by atoms with E-state index in [2.05, 4.69) is 30.8 Å². The molecular formula is C10H20N2O. The molecule has 0 aromatic carbocycles. The Morgan fingerprint density at radius 1 is 1.69 bits per heavy atom. The number of nitrogens with one attached hydrogen (secondary N) is 1. The number of likely N-dealkylation sites (N-methyl/N-ethyl adjacent to an activating group) is 1. The zero-order chi connectivity index (χ0) is 9.68. The maximum absolute atomic E-state index is 5.38. The highest BCUT2D eigenvalue weighted by Gasteiger charge is 2.14. The largest absolute Gasteiger partial charge is 0.378 e. The molecular weight excluding hydrogens is 164 g/mol. The second kappa shape index (κ2) is 5.37. The van der Waals surface area contributed by atoms with Gasteiger partial charge in [-0.15, -0.1) is 0 Å². The highest BCUT2D eigenvalue weighted by Crippen LogP contribution is 1.98. The van der Waals surface area contributed by atoms with E-state index in [1.165, 1.54) is 5.57 Å². The first kappa shape index (κ1) is 10.7. The molecule has 1 unspecified atom stereocenters. The molecule has 1 atom stereocenters. The van der Waals surface area contributed by atoms with Gasteiger partial charge in [-0.25, -0.2) is 0 Å². The van der Waals surface area contributed by atoms with Gasteiger partial charge in [0.2, 0.25) is 0 Å². The van der Waals surface area contributed by atoms with E-state index in [9.17, 15) is 0 Å². The van der Waals surface area contributed by atoms with E-state index >= 15 is 0 Å². The van der Waals surface area contributed by atoms with Gasteiger partial charge < -0.3 is 15.0 Å². The Kier molecular flexibility index (Phi) is 4.42. The van der Waals surface area contributed by atoms with Gasteiger partial charge in [-0.05, 0) is 14.0 Å². The lowest BCUT2D eigenvalue weighted by atomic mass is 10.2. The van der Waals surface area contributed by atoms with Crippen LogP contribution in [0.4, 0.5) is 0 Å². The fraction of sp³-hybridized carbons (Fsp3) is 0.800. The van der Waals surface area contributed by atoms with Crippen LogP contribution in [0, 0.1) is 0 Å². The predicted molar refractivity (Wildman–Crippen MR) is 54.9 cm³/mol. The Bertz CT molecular complexity index is 164. The topological polar surface area (TPSA) is 24.5 Å². The maximum Gasteiger partial charge on any atom is 0.0632 e. The molecule has 13 heavy (non-hydrogen) atoms. The number of hydrogen-bond donors (Lipinski definition) is 1. The highest BCUT2D eigenvalue weighted by atomic mass is 16.5. The summed E-state index contributed by atoms with van der Waals surface area (Å²) in [5.74, 6) is 0. The van der Waals surface area contributed by atoms with Crippen LogP contribution in [0.5, 0.6) is 0 Å². The summed E-state index contributed by atoms with van der Waals surface area (Å²) in [7, 11) is 2.12. The molecule has 3 heteroatoms. The fourth-order valence-corrected chi connectivity index (χ4v) is 1.64. The van der Waals surface area contributed by atoms with Crippen LogP contribution < -0.4 is 5.32 Å². The van der Waals surface area contributed by atoms with Crippen molar-refractivity contribution >= 4 is 0 Å². The van der Waals surface area contributed by atoms with Crippen molar-refractivity contribution < 1.29 is 4.74 Å². The molecule has 0 radical (unpaired) electrons. The minimum atomic E-state index is 0.484. The van der Waals surface area contributed by atoms with Gasteiger partial charge in [0.05, 0.1) is 13.2 Å². The van der Waals surface area contributed by atoms with E-state index < -0.39 is 0 Å². The molecule has 0 spiro atoms. The minimum absolute atomic E-state index is 0.484. The van der Waals surface area contributed by atoms with Crippen LogP contribution in [0.1, 0.15) is 6.92 Å². The quantitative estimate of drug-likeness (QED) is 0.643. The molecule has 0 aromatic heterocycles. The van der Waals surface area contributed by atoms with Crippen molar-refractivity contribution in [3.05, 3.63) is 12.2 Å². The van der Waals surface area contributed by atoms with Gasteiger partial charge in [0.15, 0.2) is 0 Å². The summed E-state index contributed by atoms with van der Waals surface area (Å²) in [6.07, 6.45) is 0. The summed E-state index contributed by atoms with van der Waals surface area (Å²) in [5.41, 5.74) is 1.21. The third-order valence-corrected chi connectivity index (χ3v) is 2.07. The van der Waals surface area contributed by atoms with Gasteiger partial charge in [-0.2, -0.15) is 0 Å². The lowest BCUT2D eigenvalue weighted by Gasteiger charge is -2.28. The van der Waals surface area contributed by atoms with Crippen molar-refractivity contribution in [2.24, 2.45) is 0 Å². The standard InChI is InChI=1S/C10H20N2O/c1-9(2)6-12(3)7-10-8-13-5-4-11-10/h10-11H,1,4-8H2,2-3H3. The molecule has 0 aliphatic carbocycles. The lowest BCUT2D eigenvalue weighted by molar-refractivity contribution is 0.0663. The van der Waals surface area contributed by atoms with Gasteiger partial charge >= 0.3 is 0 Å². The van der Waals surface area contributed by atoms with Crippen LogP contribution in [-0.4, -0.2) is 50.8 Å². The molecule has 1 saturated heterocycles. The molecule has 0 saturated carbocycles. The molecule has 1 aliphatic heterocycles. The average molecular weight is 184 g/mol. The van der Waals surface area contributed by atoms with Crippen molar-refractivity contribution in [2.75, 3.05) is 39.9 Å². The molecule has 1 N–H and O–H groups in total. The van der Waals surface area contributed by atoms with E-state index in [4.69, 9.17) is 4.74 Å². The zero-order valence-electron chi connectivity index (χ0n) is 8.68. The number of nitrogens with zero attached hydrogens (tertiary/aromatic N) is 1. The minimum Gasteiger partial charge on any atom is -0.378 e. The maximum atomic E-state index is 5.38. The van der Waals surface area contributed by atoms with E-state index in [1.807, 2.05) is 0 Å². The third kappa shape index (κ3) is 4.41. The molecule has 1 fully saturated rings. The Morgan fingerprint density at radius 2 is 2.46 bits per heavy atom. The second-order valence-electron chi connectivity index (χ2n) is 3.88. The van der Waals surface area contributed by atoms with Gasteiger partial charge in [-0.1, -0.05) is 12.2 Å². The summed E-state index contributed by atoms with van der Waals surface area (Å²) >= 11 is 0. The number of hydrogen-bond acceptors (Lipinski definition) is 3. The Hall–Kier alpha value is -0.380.